The first-order chi connectivity index (χ1) is 11.9. The number of ether oxygens (including phenoxy) is 2. The molecule has 0 radical (unpaired) electrons. The number of benzene rings is 2. The van der Waals surface area contributed by atoms with Gasteiger partial charge in [-0.05, 0) is 68.7 Å². The average molecular weight is 362 g/mol. The first-order valence-electron chi connectivity index (χ1n) is 8.32. The largest absolute Gasteiger partial charge is 0.494 e. The van der Waals surface area contributed by atoms with Crippen LogP contribution in [0.4, 0.5) is 0 Å². The van der Waals surface area contributed by atoms with Crippen LogP contribution in [0.2, 0.25) is 5.02 Å². The Balaban J connectivity index is 1.89. The molecule has 1 N–H and O–H groups in total. The highest BCUT2D eigenvalue weighted by atomic mass is 35.5. The maximum absolute atomic E-state index is 12.1. The van der Waals surface area contributed by atoms with E-state index in [9.17, 15) is 4.79 Å². The summed E-state index contributed by atoms with van der Waals surface area (Å²) in [6, 6.07) is 11.2. The van der Waals surface area contributed by atoms with E-state index >= 15 is 0 Å². The van der Waals surface area contributed by atoms with Crippen molar-refractivity contribution in [2.75, 3.05) is 13.2 Å². The fraction of sp³-hybridized carbons (Fsp3) is 0.350. The van der Waals surface area contributed by atoms with Crippen LogP contribution in [-0.4, -0.2) is 19.1 Å². The minimum Gasteiger partial charge on any atom is -0.494 e. The Morgan fingerprint density at radius 3 is 2.24 bits per heavy atom. The molecule has 0 spiro atoms. The van der Waals surface area contributed by atoms with E-state index < -0.39 is 0 Å². The third-order valence-electron chi connectivity index (χ3n) is 3.85. The number of hydrogen-bond acceptors (Lipinski definition) is 3. The number of rotatable bonds is 7. The third-order valence-corrected chi connectivity index (χ3v) is 4.44. The lowest BCUT2D eigenvalue weighted by Crippen LogP contribution is -2.31. The molecule has 2 aromatic rings. The molecule has 5 heteroatoms. The van der Waals surface area contributed by atoms with Crippen molar-refractivity contribution >= 4 is 17.5 Å². The highest BCUT2D eigenvalue weighted by Crippen LogP contribution is 2.25. The molecule has 0 aliphatic heterocycles. The van der Waals surface area contributed by atoms with E-state index in [4.69, 9.17) is 21.1 Å². The number of amides is 1. The van der Waals surface area contributed by atoms with E-state index in [2.05, 4.69) is 5.32 Å². The Hall–Kier alpha value is -2.20. The normalized spacial score (nSPS) is 11.7. The quantitative estimate of drug-likeness (QED) is 0.783. The Kier molecular flexibility index (Phi) is 6.71. The van der Waals surface area contributed by atoms with Crippen molar-refractivity contribution < 1.29 is 14.3 Å². The van der Waals surface area contributed by atoms with Crippen molar-refractivity contribution in [3.05, 3.63) is 58.1 Å². The summed E-state index contributed by atoms with van der Waals surface area (Å²) >= 11 is 6.14. The minimum atomic E-state index is -0.174. The van der Waals surface area contributed by atoms with Crippen LogP contribution in [0.25, 0.3) is 0 Å². The molecule has 2 aromatic carbocycles. The highest BCUT2D eigenvalue weighted by Gasteiger charge is 2.11. The summed E-state index contributed by atoms with van der Waals surface area (Å²) in [6.45, 7) is 8.30. The maximum Gasteiger partial charge on any atom is 0.258 e. The van der Waals surface area contributed by atoms with Crippen LogP contribution in [0.3, 0.4) is 0 Å². The average Bonchev–Trinajstić information content (AvgIpc) is 2.58. The lowest BCUT2D eigenvalue weighted by Gasteiger charge is -2.16. The molecule has 0 aliphatic rings. The summed E-state index contributed by atoms with van der Waals surface area (Å²) in [5.41, 5.74) is 2.87. The third kappa shape index (κ3) is 5.40. The van der Waals surface area contributed by atoms with Crippen molar-refractivity contribution in [1.29, 1.82) is 0 Å². The summed E-state index contributed by atoms with van der Waals surface area (Å²) in [5.74, 6) is 1.29. The lowest BCUT2D eigenvalue weighted by molar-refractivity contribution is -0.123. The second-order valence-electron chi connectivity index (χ2n) is 5.95. The SMILES string of the molecule is CCOc1ccc([C@@H](C)NC(=O)COc2cc(C)c(Cl)c(C)c2)cc1. The molecule has 25 heavy (non-hydrogen) atoms. The van der Waals surface area contributed by atoms with Crippen LogP contribution in [0, 0.1) is 13.8 Å². The summed E-state index contributed by atoms with van der Waals surface area (Å²) < 4.78 is 11.0. The Bertz CT molecular complexity index is 705. The highest BCUT2D eigenvalue weighted by molar-refractivity contribution is 6.32. The van der Waals surface area contributed by atoms with Crippen LogP contribution < -0.4 is 14.8 Å². The molecule has 0 heterocycles. The molecule has 134 valence electrons. The lowest BCUT2D eigenvalue weighted by atomic mass is 10.1. The van der Waals surface area contributed by atoms with Gasteiger partial charge in [0, 0.05) is 5.02 Å². The molecular formula is C20H24ClNO3. The predicted molar refractivity (Wildman–Crippen MR) is 101 cm³/mol. The maximum atomic E-state index is 12.1. The second kappa shape index (κ2) is 8.77. The molecule has 0 saturated carbocycles. The fourth-order valence-corrected chi connectivity index (χ4v) is 2.63. The fourth-order valence-electron chi connectivity index (χ4n) is 2.52. The molecule has 0 unspecified atom stereocenters. The molecule has 1 atom stereocenters. The number of halogens is 1. The minimum absolute atomic E-state index is 0.0398. The van der Waals surface area contributed by atoms with Crippen LogP contribution >= 0.6 is 11.6 Å². The molecular weight excluding hydrogens is 338 g/mol. The van der Waals surface area contributed by atoms with Crippen molar-refractivity contribution in [1.82, 2.24) is 5.32 Å². The Morgan fingerprint density at radius 2 is 1.68 bits per heavy atom. The van der Waals surface area contributed by atoms with Gasteiger partial charge in [0.25, 0.3) is 5.91 Å². The predicted octanol–water partition coefficient (Wildman–Crippen LogP) is 4.61. The standard InChI is InChI=1S/C20H24ClNO3/c1-5-24-17-8-6-16(7-9-17)15(4)22-19(23)12-25-18-10-13(2)20(21)14(3)11-18/h6-11,15H,5,12H2,1-4H3,(H,22,23)/t15-/m1/s1. The van der Waals surface area contributed by atoms with Gasteiger partial charge in [0.1, 0.15) is 11.5 Å². The molecule has 0 bridgehead atoms. The number of hydrogen-bond donors (Lipinski definition) is 1. The molecule has 4 nitrogen and oxygen atoms in total. The van der Waals surface area contributed by atoms with Gasteiger partial charge < -0.3 is 14.8 Å². The van der Waals surface area contributed by atoms with Gasteiger partial charge in [-0.1, -0.05) is 23.7 Å². The summed E-state index contributed by atoms with van der Waals surface area (Å²) in [7, 11) is 0. The van der Waals surface area contributed by atoms with Crippen LogP contribution in [0.5, 0.6) is 11.5 Å². The van der Waals surface area contributed by atoms with Gasteiger partial charge in [0.05, 0.1) is 12.6 Å². The van der Waals surface area contributed by atoms with E-state index in [-0.39, 0.29) is 18.6 Å². The first kappa shape index (κ1) is 19.1. The number of aryl methyl sites for hydroxylation is 2. The molecule has 0 saturated heterocycles. The van der Waals surface area contributed by atoms with E-state index in [1.165, 1.54) is 0 Å². The Morgan fingerprint density at radius 1 is 1.08 bits per heavy atom. The number of carbonyl (C=O) groups excluding carboxylic acids is 1. The van der Waals surface area contributed by atoms with Crippen molar-refractivity contribution in [3.8, 4) is 11.5 Å². The van der Waals surface area contributed by atoms with Crippen LogP contribution in [0.1, 0.15) is 36.6 Å². The van der Waals surface area contributed by atoms with E-state index in [0.29, 0.717) is 12.4 Å². The number of carbonyl (C=O) groups is 1. The molecule has 0 aliphatic carbocycles. The first-order valence-corrected chi connectivity index (χ1v) is 8.70. The molecule has 0 fully saturated rings. The van der Waals surface area contributed by atoms with Crippen LogP contribution in [-0.2, 0) is 4.79 Å². The van der Waals surface area contributed by atoms with E-state index in [1.807, 2.05) is 64.1 Å². The van der Waals surface area contributed by atoms with Gasteiger partial charge in [-0.2, -0.15) is 0 Å². The van der Waals surface area contributed by atoms with Gasteiger partial charge >= 0.3 is 0 Å². The second-order valence-corrected chi connectivity index (χ2v) is 6.33. The van der Waals surface area contributed by atoms with Crippen molar-refractivity contribution in [3.63, 3.8) is 0 Å². The molecule has 0 aromatic heterocycles. The van der Waals surface area contributed by atoms with E-state index in [1.54, 1.807) is 0 Å². The molecule has 2 rings (SSSR count). The zero-order valence-corrected chi connectivity index (χ0v) is 15.8. The zero-order valence-electron chi connectivity index (χ0n) is 15.1. The van der Waals surface area contributed by atoms with Gasteiger partial charge in [-0.3, -0.25) is 4.79 Å². The van der Waals surface area contributed by atoms with Gasteiger partial charge in [-0.15, -0.1) is 0 Å². The summed E-state index contributed by atoms with van der Waals surface area (Å²) in [6.07, 6.45) is 0. The smallest absolute Gasteiger partial charge is 0.258 e. The zero-order chi connectivity index (χ0) is 18.4. The van der Waals surface area contributed by atoms with Gasteiger partial charge in [0.15, 0.2) is 6.61 Å². The number of nitrogens with one attached hydrogen (secondary N) is 1. The molecule has 1 amide bonds. The van der Waals surface area contributed by atoms with E-state index in [0.717, 1.165) is 27.5 Å². The van der Waals surface area contributed by atoms with Crippen molar-refractivity contribution in [2.24, 2.45) is 0 Å². The van der Waals surface area contributed by atoms with Gasteiger partial charge in [0.2, 0.25) is 0 Å². The van der Waals surface area contributed by atoms with Gasteiger partial charge in [-0.25, -0.2) is 0 Å². The summed E-state index contributed by atoms with van der Waals surface area (Å²) in [4.78, 5) is 12.1. The topological polar surface area (TPSA) is 47.6 Å². The van der Waals surface area contributed by atoms with Crippen molar-refractivity contribution in [2.45, 2.75) is 33.7 Å². The monoisotopic (exact) mass is 361 g/mol. The van der Waals surface area contributed by atoms with Crippen LogP contribution in [0.15, 0.2) is 36.4 Å². The summed E-state index contributed by atoms with van der Waals surface area (Å²) in [5, 5.41) is 3.65. The Labute approximate surface area is 154 Å².